The van der Waals surface area contributed by atoms with Gasteiger partial charge in [-0.1, -0.05) is 0 Å². The van der Waals surface area contributed by atoms with E-state index in [1.54, 1.807) is 0 Å². The Kier molecular flexibility index (Phi) is 2.85. The van der Waals surface area contributed by atoms with Crippen LogP contribution in [0.15, 0.2) is 6.07 Å². The van der Waals surface area contributed by atoms with Crippen molar-refractivity contribution in [3.63, 3.8) is 0 Å². The topological polar surface area (TPSA) is 63.6 Å². The molecule has 0 amide bonds. The number of aliphatic carboxylic acids is 1. The van der Waals surface area contributed by atoms with Gasteiger partial charge in [0.2, 0.25) is 0 Å². The van der Waals surface area contributed by atoms with E-state index in [0.717, 1.165) is 36.0 Å². The van der Waals surface area contributed by atoms with Crippen LogP contribution in [0, 0.1) is 13.8 Å². The van der Waals surface area contributed by atoms with Crippen LogP contribution >= 0.6 is 0 Å². The number of hydrogen-bond acceptors (Lipinski definition) is 3. The Morgan fingerprint density at radius 3 is 2.65 bits per heavy atom. The maximum absolute atomic E-state index is 12.4. The van der Waals surface area contributed by atoms with Crippen molar-refractivity contribution < 1.29 is 19.4 Å². The highest BCUT2D eigenvalue weighted by Crippen LogP contribution is 2.46. The van der Waals surface area contributed by atoms with E-state index in [0.29, 0.717) is 17.7 Å². The first-order chi connectivity index (χ1) is 9.42. The number of ether oxygens (including phenoxy) is 1. The van der Waals surface area contributed by atoms with Crippen LogP contribution in [-0.4, -0.2) is 22.5 Å². The molecule has 0 atom stereocenters. The van der Waals surface area contributed by atoms with E-state index >= 15 is 0 Å². The molecule has 0 radical (unpaired) electrons. The van der Waals surface area contributed by atoms with Gasteiger partial charge in [-0.15, -0.1) is 0 Å². The third-order valence-electron chi connectivity index (χ3n) is 4.58. The van der Waals surface area contributed by atoms with E-state index < -0.39 is 5.97 Å². The standard InChI is InChI=1S/C16H18O4/c1-9-6-13-15(10(2)11(9)7-14(18)19)12(17)8-16(20-13)4-3-5-16/h6H,3-5,7-8H2,1-2H3,(H,18,19). The van der Waals surface area contributed by atoms with Crippen molar-refractivity contribution in [2.45, 2.75) is 51.6 Å². The second kappa shape index (κ2) is 4.33. The summed E-state index contributed by atoms with van der Waals surface area (Å²) in [6, 6.07) is 1.83. The molecule has 4 heteroatoms. The number of carbonyl (C=O) groups is 2. The molecule has 2 aliphatic rings. The second-order valence-corrected chi connectivity index (χ2v) is 5.98. The monoisotopic (exact) mass is 274 g/mol. The van der Waals surface area contributed by atoms with Crippen LogP contribution < -0.4 is 4.74 Å². The van der Waals surface area contributed by atoms with Gasteiger partial charge < -0.3 is 9.84 Å². The van der Waals surface area contributed by atoms with Gasteiger partial charge in [-0.25, -0.2) is 0 Å². The van der Waals surface area contributed by atoms with E-state index in [-0.39, 0.29) is 17.8 Å². The number of Topliss-reactive ketones (excluding diaryl/α,β-unsaturated/α-hetero) is 1. The molecule has 1 aliphatic heterocycles. The third kappa shape index (κ3) is 1.90. The maximum atomic E-state index is 12.4. The van der Waals surface area contributed by atoms with E-state index in [1.807, 2.05) is 19.9 Å². The van der Waals surface area contributed by atoms with Crippen LogP contribution in [0.2, 0.25) is 0 Å². The van der Waals surface area contributed by atoms with Crippen molar-refractivity contribution in [3.05, 3.63) is 28.3 Å². The first-order valence-corrected chi connectivity index (χ1v) is 6.99. The minimum Gasteiger partial charge on any atom is -0.486 e. The Bertz CT molecular complexity index is 611. The largest absolute Gasteiger partial charge is 0.486 e. The van der Waals surface area contributed by atoms with Crippen molar-refractivity contribution in [1.82, 2.24) is 0 Å². The predicted octanol–water partition coefficient (Wildman–Crippen LogP) is 2.82. The van der Waals surface area contributed by atoms with Crippen LogP contribution in [0.25, 0.3) is 0 Å². The molecule has 4 nitrogen and oxygen atoms in total. The molecule has 0 saturated heterocycles. The zero-order valence-electron chi connectivity index (χ0n) is 11.8. The molecule has 20 heavy (non-hydrogen) atoms. The zero-order chi connectivity index (χ0) is 14.5. The Morgan fingerprint density at radius 1 is 1.40 bits per heavy atom. The van der Waals surface area contributed by atoms with Crippen LogP contribution in [0.1, 0.15) is 52.7 Å². The van der Waals surface area contributed by atoms with Crippen molar-refractivity contribution in [3.8, 4) is 5.75 Å². The van der Waals surface area contributed by atoms with E-state index in [4.69, 9.17) is 9.84 Å². The molecule has 1 N–H and O–H groups in total. The molecule has 1 aromatic carbocycles. The van der Waals surface area contributed by atoms with Crippen LogP contribution in [0.3, 0.4) is 0 Å². The number of fused-ring (bicyclic) bond motifs is 1. The number of rotatable bonds is 2. The molecule has 1 aromatic rings. The summed E-state index contributed by atoms with van der Waals surface area (Å²) in [7, 11) is 0. The average molecular weight is 274 g/mol. The number of benzene rings is 1. The van der Waals surface area contributed by atoms with Gasteiger partial charge in [0.15, 0.2) is 5.78 Å². The Morgan fingerprint density at radius 2 is 2.10 bits per heavy atom. The summed E-state index contributed by atoms with van der Waals surface area (Å²) < 4.78 is 6.08. The van der Waals surface area contributed by atoms with Gasteiger partial charge in [0.05, 0.1) is 18.4 Å². The number of aryl methyl sites for hydroxylation is 1. The smallest absolute Gasteiger partial charge is 0.307 e. The average Bonchev–Trinajstić information content (AvgIpc) is 2.31. The molecule has 106 valence electrons. The summed E-state index contributed by atoms with van der Waals surface area (Å²) >= 11 is 0. The molecule has 3 rings (SSSR count). The fourth-order valence-corrected chi connectivity index (χ4v) is 3.34. The number of carbonyl (C=O) groups excluding carboxylic acids is 1. The number of carboxylic acid groups (broad SMARTS) is 1. The van der Waals surface area contributed by atoms with Crippen LogP contribution in [0.4, 0.5) is 0 Å². The van der Waals surface area contributed by atoms with Crippen molar-refractivity contribution >= 4 is 11.8 Å². The summed E-state index contributed by atoms with van der Waals surface area (Å²) in [6.07, 6.45) is 3.36. The van der Waals surface area contributed by atoms with E-state index in [9.17, 15) is 9.59 Å². The normalized spacial score (nSPS) is 19.2. The lowest BCUT2D eigenvalue weighted by atomic mass is 9.73. The van der Waals surface area contributed by atoms with Gasteiger partial charge in [0, 0.05) is 0 Å². The van der Waals surface area contributed by atoms with Crippen LogP contribution in [0.5, 0.6) is 5.75 Å². The molecule has 0 aromatic heterocycles. The number of carboxylic acids is 1. The molecule has 1 fully saturated rings. The highest BCUT2D eigenvalue weighted by molar-refractivity contribution is 6.02. The summed E-state index contributed by atoms with van der Waals surface area (Å²) in [4.78, 5) is 23.4. The van der Waals surface area contributed by atoms with Crippen LogP contribution in [-0.2, 0) is 11.2 Å². The number of ketones is 1. The first kappa shape index (κ1) is 13.2. The maximum Gasteiger partial charge on any atom is 0.307 e. The molecular formula is C16H18O4. The molecule has 1 saturated carbocycles. The fraction of sp³-hybridized carbons (Fsp3) is 0.500. The minimum atomic E-state index is -0.879. The van der Waals surface area contributed by atoms with Crippen molar-refractivity contribution in [2.24, 2.45) is 0 Å². The lowest BCUT2D eigenvalue weighted by molar-refractivity contribution is -0.136. The van der Waals surface area contributed by atoms with Gasteiger partial charge in [-0.3, -0.25) is 9.59 Å². The van der Waals surface area contributed by atoms with Gasteiger partial charge >= 0.3 is 5.97 Å². The summed E-state index contributed by atoms with van der Waals surface area (Å²) in [5.41, 5.74) is 2.69. The first-order valence-electron chi connectivity index (χ1n) is 6.99. The number of hydrogen-bond donors (Lipinski definition) is 1. The second-order valence-electron chi connectivity index (χ2n) is 5.98. The molecular weight excluding hydrogens is 256 g/mol. The molecule has 0 bridgehead atoms. The zero-order valence-corrected chi connectivity index (χ0v) is 11.8. The molecule has 1 spiro atoms. The van der Waals surface area contributed by atoms with Crippen molar-refractivity contribution in [2.75, 3.05) is 0 Å². The van der Waals surface area contributed by atoms with Gasteiger partial charge in [0.25, 0.3) is 0 Å². The summed E-state index contributed by atoms with van der Waals surface area (Å²) in [5, 5.41) is 9.00. The predicted molar refractivity (Wildman–Crippen MR) is 73.4 cm³/mol. The van der Waals surface area contributed by atoms with E-state index in [1.165, 1.54) is 0 Å². The quantitative estimate of drug-likeness (QED) is 0.900. The third-order valence-corrected chi connectivity index (χ3v) is 4.58. The fourth-order valence-electron chi connectivity index (χ4n) is 3.34. The Balaban J connectivity index is 2.08. The molecule has 0 unspecified atom stereocenters. The Hall–Kier alpha value is -1.84. The highest BCUT2D eigenvalue weighted by atomic mass is 16.5. The van der Waals surface area contributed by atoms with Gasteiger partial charge in [-0.2, -0.15) is 0 Å². The SMILES string of the molecule is Cc1cc2c(c(C)c1CC(=O)O)C(=O)CC1(CCC1)O2. The lowest BCUT2D eigenvalue weighted by Gasteiger charge is -2.45. The van der Waals surface area contributed by atoms with Gasteiger partial charge in [0.1, 0.15) is 11.4 Å². The van der Waals surface area contributed by atoms with Gasteiger partial charge in [-0.05, 0) is 55.9 Å². The minimum absolute atomic E-state index is 0.0522. The highest BCUT2D eigenvalue weighted by Gasteiger charge is 2.46. The van der Waals surface area contributed by atoms with E-state index in [2.05, 4.69) is 0 Å². The molecule has 1 aliphatic carbocycles. The summed E-state index contributed by atoms with van der Waals surface area (Å²) in [6.45, 7) is 3.70. The molecule has 1 heterocycles. The summed E-state index contributed by atoms with van der Waals surface area (Å²) in [5.74, 6) is -0.143. The van der Waals surface area contributed by atoms with Crippen molar-refractivity contribution in [1.29, 1.82) is 0 Å². The Labute approximate surface area is 117 Å². The lowest BCUT2D eigenvalue weighted by Crippen LogP contribution is -2.48.